The number of fused-ring (bicyclic) bond motifs is 3. The molecule has 0 N–H and O–H groups in total. The summed E-state index contributed by atoms with van der Waals surface area (Å²) in [5, 5.41) is 0. The van der Waals surface area contributed by atoms with Gasteiger partial charge in [-0.25, -0.2) is 14.0 Å². The van der Waals surface area contributed by atoms with E-state index in [0.717, 1.165) is 38.0 Å². The van der Waals surface area contributed by atoms with Crippen LogP contribution in [0.2, 0.25) is 0 Å². The van der Waals surface area contributed by atoms with Crippen LogP contribution in [0, 0.1) is 11.7 Å². The number of rotatable bonds is 5. The summed E-state index contributed by atoms with van der Waals surface area (Å²) in [6.07, 6.45) is 1.44. The summed E-state index contributed by atoms with van der Waals surface area (Å²) in [4.78, 5) is 28.5. The van der Waals surface area contributed by atoms with Gasteiger partial charge in [-0.05, 0) is 67.7 Å². The number of halogens is 1. The standard InChI is InChI=1S/C23H25FN2O4/c1-29-22(27)18-7-5-16(6-8-18)14-26(20-4-2-3-19(24)13-20)23(28)30-21-15-25-11-9-17(21)10-12-25/h2-8,13,17,21H,9-12,14-15H2,1H3/t21-/m0/s1. The number of methoxy groups -OCH3 is 1. The first kappa shape index (κ1) is 20.3. The molecule has 6 nitrogen and oxygen atoms in total. The van der Waals surface area contributed by atoms with Gasteiger partial charge < -0.3 is 9.47 Å². The molecule has 3 heterocycles. The van der Waals surface area contributed by atoms with E-state index in [1.807, 2.05) is 0 Å². The van der Waals surface area contributed by atoms with Crippen LogP contribution in [-0.4, -0.2) is 49.8 Å². The SMILES string of the molecule is COC(=O)c1ccc(CN(C(=O)O[C@H]2CN3CCC2CC3)c2cccc(F)c2)cc1. The molecular formula is C23H25FN2O4. The van der Waals surface area contributed by atoms with Crippen LogP contribution < -0.4 is 4.90 Å². The molecule has 30 heavy (non-hydrogen) atoms. The smallest absolute Gasteiger partial charge is 0.414 e. The van der Waals surface area contributed by atoms with Gasteiger partial charge in [-0.15, -0.1) is 0 Å². The Morgan fingerprint density at radius 3 is 2.47 bits per heavy atom. The van der Waals surface area contributed by atoms with E-state index in [-0.39, 0.29) is 12.6 Å². The third-order valence-electron chi connectivity index (χ3n) is 5.90. The second kappa shape index (κ2) is 8.83. The highest BCUT2D eigenvalue weighted by molar-refractivity contribution is 5.89. The maximum atomic E-state index is 13.9. The van der Waals surface area contributed by atoms with Gasteiger partial charge in [0.1, 0.15) is 11.9 Å². The van der Waals surface area contributed by atoms with Gasteiger partial charge in [0.05, 0.1) is 24.9 Å². The van der Waals surface area contributed by atoms with Crippen LogP contribution in [0.3, 0.4) is 0 Å². The average Bonchev–Trinajstić information content (AvgIpc) is 2.78. The maximum absolute atomic E-state index is 13.9. The Kier molecular flexibility index (Phi) is 5.99. The molecule has 0 aliphatic carbocycles. The molecule has 3 saturated heterocycles. The third kappa shape index (κ3) is 4.46. The fraction of sp³-hybridized carbons (Fsp3) is 0.391. The lowest BCUT2D eigenvalue weighted by Gasteiger charge is -2.44. The number of carbonyl (C=O) groups is 2. The highest BCUT2D eigenvalue weighted by Crippen LogP contribution is 2.30. The average molecular weight is 412 g/mol. The molecule has 3 aliphatic rings. The Morgan fingerprint density at radius 1 is 1.13 bits per heavy atom. The third-order valence-corrected chi connectivity index (χ3v) is 5.90. The normalized spacial score (nSPS) is 22.4. The van der Waals surface area contributed by atoms with Crippen molar-refractivity contribution in [2.45, 2.75) is 25.5 Å². The molecule has 0 spiro atoms. The number of piperidine rings is 3. The number of nitrogens with zero attached hydrogens (tertiary/aromatic N) is 2. The van der Waals surface area contributed by atoms with Gasteiger partial charge in [-0.2, -0.15) is 0 Å². The van der Waals surface area contributed by atoms with E-state index in [1.54, 1.807) is 36.4 Å². The lowest BCUT2D eigenvalue weighted by atomic mass is 9.86. The second-order valence-corrected chi connectivity index (χ2v) is 7.81. The molecule has 5 rings (SSSR count). The molecule has 2 bridgehead atoms. The first-order valence-corrected chi connectivity index (χ1v) is 10.2. The van der Waals surface area contributed by atoms with Crippen LogP contribution in [0.25, 0.3) is 0 Å². The zero-order valence-electron chi connectivity index (χ0n) is 16.9. The van der Waals surface area contributed by atoms with Crippen molar-refractivity contribution in [1.29, 1.82) is 0 Å². The summed E-state index contributed by atoms with van der Waals surface area (Å²) in [5.41, 5.74) is 1.64. The van der Waals surface area contributed by atoms with Crippen molar-refractivity contribution < 1.29 is 23.5 Å². The number of ether oxygens (including phenoxy) is 2. The van der Waals surface area contributed by atoms with Crippen LogP contribution in [-0.2, 0) is 16.0 Å². The van der Waals surface area contributed by atoms with Crippen LogP contribution in [0.4, 0.5) is 14.9 Å². The van der Waals surface area contributed by atoms with Gasteiger partial charge in [0.25, 0.3) is 0 Å². The number of benzene rings is 2. The summed E-state index contributed by atoms with van der Waals surface area (Å²) in [7, 11) is 1.33. The fourth-order valence-electron chi connectivity index (χ4n) is 4.19. The zero-order chi connectivity index (χ0) is 21.1. The lowest BCUT2D eigenvalue weighted by molar-refractivity contribution is -0.0311. The molecular weight excluding hydrogens is 387 g/mol. The Morgan fingerprint density at radius 2 is 1.87 bits per heavy atom. The molecule has 3 aliphatic heterocycles. The van der Waals surface area contributed by atoms with Crippen molar-refractivity contribution in [3.8, 4) is 0 Å². The number of hydrogen-bond acceptors (Lipinski definition) is 5. The van der Waals surface area contributed by atoms with Crippen LogP contribution >= 0.6 is 0 Å². The molecule has 0 saturated carbocycles. The van der Waals surface area contributed by atoms with E-state index in [0.29, 0.717) is 17.2 Å². The van der Waals surface area contributed by atoms with E-state index in [9.17, 15) is 14.0 Å². The number of carbonyl (C=O) groups excluding carboxylic acids is 2. The molecule has 2 aromatic carbocycles. The van der Waals surface area contributed by atoms with Crippen molar-refractivity contribution in [2.24, 2.45) is 5.92 Å². The predicted octanol–water partition coefficient (Wildman–Crippen LogP) is 3.85. The van der Waals surface area contributed by atoms with Crippen LogP contribution in [0.5, 0.6) is 0 Å². The Bertz CT molecular complexity index is 910. The Labute approximate surface area is 175 Å². The second-order valence-electron chi connectivity index (χ2n) is 7.81. The van der Waals surface area contributed by atoms with E-state index < -0.39 is 17.9 Å². The first-order valence-electron chi connectivity index (χ1n) is 10.2. The summed E-state index contributed by atoms with van der Waals surface area (Å²) in [6, 6.07) is 12.7. The van der Waals surface area contributed by atoms with Crippen molar-refractivity contribution in [3.05, 3.63) is 65.5 Å². The minimum Gasteiger partial charge on any atom is -0.465 e. The predicted molar refractivity (Wildman–Crippen MR) is 110 cm³/mol. The molecule has 1 atom stereocenters. The minimum atomic E-state index is -0.489. The zero-order valence-corrected chi connectivity index (χ0v) is 16.9. The van der Waals surface area contributed by atoms with Crippen molar-refractivity contribution in [1.82, 2.24) is 4.90 Å². The molecule has 0 radical (unpaired) electrons. The highest BCUT2D eigenvalue weighted by atomic mass is 19.1. The van der Waals surface area contributed by atoms with E-state index >= 15 is 0 Å². The first-order chi connectivity index (χ1) is 14.5. The van der Waals surface area contributed by atoms with Crippen molar-refractivity contribution in [3.63, 3.8) is 0 Å². The van der Waals surface area contributed by atoms with Crippen molar-refractivity contribution in [2.75, 3.05) is 31.6 Å². The van der Waals surface area contributed by atoms with Gasteiger partial charge in [0.2, 0.25) is 0 Å². The number of amides is 1. The lowest BCUT2D eigenvalue weighted by Crippen LogP contribution is -2.53. The molecule has 3 fully saturated rings. The van der Waals surface area contributed by atoms with Gasteiger partial charge in [0.15, 0.2) is 0 Å². The van der Waals surface area contributed by atoms with Gasteiger partial charge >= 0.3 is 12.1 Å². The van der Waals surface area contributed by atoms with E-state index in [4.69, 9.17) is 9.47 Å². The molecule has 0 aromatic heterocycles. The molecule has 2 aromatic rings. The molecule has 0 unspecified atom stereocenters. The van der Waals surface area contributed by atoms with Gasteiger partial charge in [-0.1, -0.05) is 18.2 Å². The summed E-state index contributed by atoms with van der Waals surface area (Å²) < 4.78 is 24.5. The quantitative estimate of drug-likeness (QED) is 0.699. The number of hydrogen-bond donors (Lipinski definition) is 0. The topological polar surface area (TPSA) is 59.1 Å². The molecule has 158 valence electrons. The molecule has 7 heteroatoms. The maximum Gasteiger partial charge on any atom is 0.414 e. The molecule has 1 amide bonds. The minimum absolute atomic E-state index is 0.141. The van der Waals surface area contributed by atoms with Gasteiger partial charge in [-0.3, -0.25) is 9.80 Å². The van der Waals surface area contributed by atoms with E-state index in [1.165, 1.54) is 24.1 Å². The Balaban J connectivity index is 1.53. The fourth-order valence-corrected chi connectivity index (χ4v) is 4.19. The van der Waals surface area contributed by atoms with Crippen LogP contribution in [0.1, 0.15) is 28.8 Å². The van der Waals surface area contributed by atoms with Gasteiger partial charge in [0, 0.05) is 6.54 Å². The summed E-state index contributed by atoms with van der Waals surface area (Å²) in [6.45, 7) is 3.06. The highest BCUT2D eigenvalue weighted by Gasteiger charge is 2.37. The Hall–Kier alpha value is -2.93. The van der Waals surface area contributed by atoms with Crippen LogP contribution in [0.15, 0.2) is 48.5 Å². The number of anilines is 1. The largest absolute Gasteiger partial charge is 0.465 e. The number of esters is 1. The van der Waals surface area contributed by atoms with E-state index in [2.05, 4.69) is 4.90 Å². The van der Waals surface area contributed by atoms with Crippen molar-refractivity contribution >= 4 is 17.7 Å². The monoisotopic (exact) mass is 412 g/mol. The summed E-state index contributed by atoms with van der Waals surface area (Å²) in [5.74, 6) is -0.466. The summed E-state index contributed by atoms with van der Waals surface area (Å²) >= 11 is 0.